The summed E-state index contributed by atoms with van der Waals surface area (Å²) in [4.78, 5) is 0. The summed E-state index contributed by atoms with van der Waals surface area (Å²) in [7, 11) is 1.60. The summed E-state index contributed by atoms with van der Waals surface area (Å²) < 4.78 is 18.9. The SMILES string of the molecule is COc1ccc2c(c1)C(O)(c1cc(C)cc(F)c1)CC2. The lowest BCUT2D eigenvalue weighted by atomic mass is 9.87. The summed E-state index contributed by atoms with van der Waals surface area (Å²) in [6.07, 6.45) is 1.35. The highest BCUT2D eigenvalue weighted by molar-refractivity contribution is 5.49. The standard InChI is InChI=1S/C17H17FO2/c1-11-7-13(9-14(18)8-11)17(19)6-5-12-3-4-15(20-2)10-16(12)17/h3-4,7-10,19H,5-6H2,1-2H3. The van der Waals surface area contributed by atoms with Crippen molar-refractivity contribution in [3.8, 4) is 5.75 Å². The van der Waals surface area contributed by atoms with E-state index in [0.29, 0.717) is 17.7 Å². The van der Waals surface area contributed by atoms with Crippen LogP contribution in [0.2, 0.25) is 0 Å². The van der Waals surface area contributed by atoms with E-state index in [2.05, 4.69) is 0 Å². The van der Waals surface area contributed by atoms with Crippen molar-refractivity contribution in [2.45, 2.75) is 25.4 Å². The molecule has 104 valence electrons. The van der Waals surface area contributed by atoms with Crippen molar-refractivity contribution in [1.82, 2.24) is 0 Å². The second-order valence-electron chi connectivity index (χ2n) is 5.40. The van der Waals surface area contributed by atoms with Crippen molar-refractivity contribution in [2.75, 3.05) is 7.11 Å². The molecule has 0 aliphatic heterocycles. The van der Waals surface area contributed by atoms with Crippen LogP contribution in [-0.2, 0) is 12.0 Å². The lowest BCUT2D eigenvalue weighted by Crippen LogP contribution is -2.24. The van der Waals surface area contributed by atoms with Gasteiger partial charge < -0.3 is 9.84 Å². The first-order chi connectivity index (χ1) is 9.53. The van der Waals surface area contributed by atoms with Gasteiger partial charge in [0.1, 0.15) is 17.2 Å². The average molecular weight is 272 g/mol. The summed E-state index contributed by atoms with van der Waals surface area (Å²) in [5.74, 6) is 0.391. The normalized spacial score (nSPS) is 20.8. The topological polar surface area (TPSA) is 29.5 Å². The Hall–Kier alpha value is -1.87. The number of ether oxygens (including phenoxy) is 1. The molecule has 0 fully saturated rings. The van der Waals surface area contributed by atoms with Gasteiger partial charge in [-0.2, -0.15) is 0 Å². The number of fused-ring (bicyclic) bond motifs is 1. The van der Waals surface area contributed by atoms with Gasteiger partial charge in [0.2, 0.25) is 0 Å². The summed E-state index contributed by atoms with van der Waals surface area (Å²) in [5, 5.41) is 11.1. The molecule has 0 amide bonds. The van der Waals surface area contributed by atoms with E-state index in [0.717, 1.165) is 23.1 Å². The molecule has 1 atom stereocenters. The molecular weight excluding hydrogens is 255 g/mol. The van der Waals surface area contributed by atoms with Gasteiger partial charge in [0.25, 0.3) is 0 Å². The molecule has 2 aromatic rings. The van der Waals surface area contributed by atoms with Crippen molar-refractivity contribution >= 4 is 0 Å². The van der Waals surface area contributed by atoms with Gasteiger partial charge in [-0.15, -0.1) is 0 Å². The van der Waals surface area contributed by atoms with Crippen molar-refractivity contribution in [2.24, 2.45) is 0 Å². The molecule has 0 heterocycles. The van der Waals surface area contributed by atoms with Crippen molar-refractivity contribution < 1.29 is 14.2 Å². The zero-order chi connectivity index (χ0) is 14.3. The van der Waals surface area contributed by atoms with Crippen molar-refractivity contribution in [3.63, 3.8) is 0 Å². The molecule has 1 aliphatic rings. The molecule has 2 nitrogen and oxygen atoms in total. The Morgan fingerprint density at radius 2 is 2.00 bits per heavy atom. The molecule has 3 rings (SSSR count). The third-order valence-electron chi connectivity index (χ3n) is 4.04. The molecule has 0 saturated carbocycles. The van der Waals surface area contributed by atoms with Crippen LogP contribution in [0.5, 0.6) is 5.75 Å². The average Bonchev–Trinajstić information content (AvgIpc) is 2.76. The van der Waals surface area contributed by atoms with Crippen molar-refractivity contribution in [3.05, 3.63) is 64.5 Å². The molecule has 20 heavy (non-hydrogen) atoms. The number of benzene rings is 2. The number of rotatable bonds is 2. The molecule has 0 saturated heterocycles. The fourth-order valence-electron chi connectivity index (χ4n) is 3.01. The van der Waals surface area contributed by atoms with Gasteiger partial charge in [0, 0.05) is 0 Å². The number of halogens is 1. The fraction of sp³-hybridized carbons (Fsp3) is 0.294. The third-order valence-corrected chi connectivity index (χ3v) is 4.04. The van der Waals surface area contributed by atoms with E-state index >= 15 is 0 Å². The maximum Gasteiger partial charge on any atom is 0.123 e. The van der Waals surface area contributed by atoms with E-state index in [4.69, 9.17) is 4.74 Å². The zero-order valence-electron chi connectivity index (χ0n) is 11.6. The molecule has 1 unspecified atom stereocenters. The minimum absolute atomic E-state index is 0.315. The molecular formula is C17H17FO2. The highest BCUT2D eigenvalue weighted by Crippen LogP contribution is 2.43. The summed E-state index contributed by atoms with van der Waals surface area (Å²) in [5.41, 5.74) is 2.21. The van der Waals surface area contributed by atoms with Gasteiger partial charge >= 0.3 is 0 Å². The van der Waals surface area contributed by atoms with Crippen LogP contribution >= 0.6 is 0 Å². The van der Waals surface area contributed by atoms with Gasteiger partial charge in [0.05, 0.1) is 7.11 Å². The predicted octanol–water partition coefficient (Wildman–Crippen LogP) is 3.32. The molecule has 0 bridgehead atoms. The Bertz CT molecular complexity index is 646. The first kappa shape index (κ1) is 13.1. The van der Waals surface area contributed by atoms with E-state index in [1.165, 1.54) is 12.1 Å². The number of hydrogen-bond donors (Lipinski definition) is 1. The minimum Gasteiger partial charge on any atom is -0.497 e. The molecule has 3 heteroatoms. The Kier molecular flexibility index (Phi) is 3.02. The van der Waals surface area contributed by atoms with E-state index in [1.807, 2.05) is 31.2 Å². The van der Waals surface area contributed by atoms with Crippen LogP contribution in [0.3, 0.4) is 0 Å². The molecule has 0 spiro atoms. The number of hydrogen-bond acceptors (Lipinski definition) is 2. The third kappa shape index (κ3) is 1.98. The smallest absolute Gasteiger partial charge is 0.123 e. The molecule has 0 radical (unpaired) electrons. The number of methoxy groups -OCH3 is 1. The highest BCUT2D eigenvalue weighted by Gasteiger charge is 2.39. The van der Waals surface area contributed by atoms with Crippen LogP contribution in [0.25, 0.3) is 0 Å². The maximum absolute atomic E-state index is 13.6. The summed E-state index contributed by atoms with van der Waals surface area (Å²) >= 11 is 0. The van der Waals surface area contributed by atoms with Gasteiger partial charge in [-0.05, 0) is 66.3 Å². The molecule has 0 aromatic heterocycles. The van der Waals surface area contributed by atoms with E-state index in [1.54, 1.807) is 7.11 Å². The quantitative estimate of drug-likeness (QED) is 0.908. The highest BCUT2D eigenvalue weighted by atomic mass is 19.1. The lowest BCUT2D eigenvalue weighted by molar-refractivity contribution is 0.0823. The Morgan fingerprint density at radius 1 is 1.20 bits per heavy atom. The van der Waals surface area contributed by atoms with Gasteiger partial charge in [0.15, 0.2) is 0 Å². The Morgan fingerprint density at radius 3 is 2.70 bits per heavy atom. The fourth-order valence-corrected chi connectivity index (χ4v) is 3.01. The lowest BCUT2D eigenvalue weighted by Gasteiger charge is -2.25. The van der Waals surface area contributed by atoms with Gasteiger partial charge in [-0.1, -0.05) is 12.1 Å². The van der Waals surface area contributed by atoms with Gasteiger partial charge in [-0.3, -0.25) is 0 Å². The molecule has 2 aromatic carbocycles. The second-order valence-corrected chi connectivity index (χ2v) is 5.40. The second kappa shape index (κ2) is 4.60. The van der Waals surface area contributed by atoms with Crippen LogP contribution < -0.4 is 4.74 Å². The number of aryl methyl sites for hydroxylation is 2. The number of aliphatic hydroxyl groups is 1. The first-order valence-corrected chi connectivity index (χ1v) is 6.70. The van der Waals surface area contributed by atoms with Crippen LogP contribution in [0.4, 0.5) is 4.39 Å². The summed E-state index contributed by atoms with van der Waals surface area (Å²) in [6.45, 7) is 1.83. The van der Waals surface area contributed by atoms with Crippen LogP contribution in [0.15, 0.2) is 36.4 Å². The first-order valence-electron chi connectivity index (χ1n) is 6.70. The summed E-state index contributed by atoms with van der Waals surface area (Å²) in [6, 6.07) is 10.4. The van der Waals surface area contributed by atoms with Crippen LogP contribution in [0.1, 0.15) is 28.7 Å². The maximum atomic E-state index is 13.6. The molecule has 1 N–H and O–H groups in total. The van der Waals surface area contributed by atoms with E-state index < -0.39 is 5.60 Å². The largest absolute Gasteiger partial charge is 0.497 e. The minimum atomic E-state index is -1.13. The van der Waals surface area contributed by atoms with E-state index in [-0.39, 0.29) is 5.82 Å². The monoisotopic (exact) mass is 272 g/mol. The van der Waals surface area contributed by atoms with Crippen molar-refractivity contribution in [1.29, 1.82) is 0 Å². The molecule has 1 aliphatic carbocycles. The Labute approximate surface area is 117 Å². The zero-order valence-corrected chi connectivity index (χ0v) is 11.6. The Balaban J connectivity index is 2.15. The van der Waals surface area contributed by atoms with Gasteiger partial charge in [-0.25, -0.2) is 4.39 Å². The van der Waals surface area contributed by atoms with Crippen LogP contribution in [0, 0.1) is 12.7 Å². The predicted molar refractivity (Wildman–Crippen MR) is 75.5 cm³/mol. The van der Waals surface area contributed by atoms with E-state index in [9.17, 15) is 9.50 Å². The van der Waals surface area contributed by atoms with Crippen LogP contribution in [-0.4, -0.2) is 12.2 Å².